The van der Waals surface area contributed by atoms with Gasteiger partial charge in [-0.25, -0.2) is 14.4 Å². The topological polar surface area (TPSA) is 66.9 Å². The second-order valence-electron chi connectivity index (χ2n) is 6.02. The van der Waals surface area contributed by atoms with Gasteiger partial charge in [0, 0.05) is 31.4 Å². The standard InChI is InChI=1S/C18H18FN5O/c19-15-4-1-2-5-17(15)25-12-14-10-16(23-22-14)13-6-9-24(11-13)18-20-7-3-8-21-18/h1-5,7-8,10,13H,6,9,11-12H2,(H,22,23)/t13-/m0/s1. The van der Waals surface area contributed by atoms with E-state index in [2.05, 4.69) is 25.1 Å². The molecule has 0 spiro atoms. The number of para-hydroxylation sites is 1. The molecule has 3 heterocycles. The molecule has 25 heavy (non-hydrogen) atoms. The van der Waals surface area contributed by atoms with E-state index in [4.69, 9.17) is 4.74 Å². The fraction of sp³-hybridized carbons (Fsp3) is 0.278. The van der Waals surface area contributed by atoms with Gasteiger partial charge in [0.2, 0.25) is 5.95 Å². The molecule has 1 N–H and O–H groups in total. The summed E-state index contributed by atoms with van der Waals surface area (Å²) in [6.07, 6.45) is 4.50. The fourth-order valence-electron chi connectivity index (χ4n) is 3.02. The first-order valence-electron chi connectivity index (χ1n) is 8.23. The van der Waals surface area contributed by atoms with Gasteiger partial charge in [-0.05, 0) is 30.7 Å². The monoisotopic (exact) mass is 339 g/mol. The Balaban J connectivity index is 1.38. The number of nitrogens with one attached hydrogen (secondary N) is 1. The zero-order chi connectivity index (χ0) is 17.1. The van der Waals surface area contributed by atoms with E-state index in [9.17, 15) is 4.39 Å². The number of aromatic nitrogens is 4. The number of H-pyrrole nitrogens is 1. The summed E-state index contributed by atoms with van der Waals surface area (Å²) in [5.74, 6) is 0.953. The van der Waals surface area contributed by atoms with Crippen molar-refractivity contribution in [1.82, 2.24) is 20.2 Å². The van der Waals surface area contributed by atoms with Crippen LogP contribution in [0.1, 0.15) is 23.7 Å². The Morgan fingerprint density at radius 1 is 1.20 bits per heavy atom. The van der Waals surface area contributed by atoms with E-state index in [0.717, 1.165) is 36.8 Å². The molecule has 1 aliphatic heterocycles. The average molecular weight is 339 g/mol. The third-order valence-electron chi connectivity index (χ3n) is 4.31. The second-order valence-corrected chi connectivity index (χ2v) is 6.02. The van der Waals surface area contributed by atoms with Crippen molar-refractivity contribution in [2.24, 2.45) is 0 Å². The summed E-state index contributed by atoms with van der Waals surface area (Å²) < 4.78 is 19.1. The van der Waals surface area contributed by atoms with E-state index in [1.165, 1.54) is 6.07 Å². The van der Waals surface area contributed by atoms with Crippen LogP contribution in [0.5, 0.6) is 5.75 Å². The lowest BCUT2D eigenvalue weighted by atomic mass is 10.1. The molecule has 0 bridgehead atoms. The molecule has 0 saturated carbocycles. The fourth-order valence-corrected chi connectivity index (χ4v) is 3.02. The molecule has 1 aromatic carbocycles. The van der Waals surface area contributed by atoms with Gasteiger partial charge in [-0.15, -0.1) is 0 Å². The van der Waals surface area contributed by atoms with Crippen molar-refractivity contribution in [3.8, 4) is 5.75 Å². The largest absolute Gasteiger partial charge is 0.484 e. The second kappa shape index (κ2) is 6.88. The smallest absolute Gasteiger partial charge is 0.225 e. The van der Waals surface area contributed by atoms with Crippen LogP contribution in [0.15, 0.2) is 48.8 Å². The van der Waals surface area contributed by atoms with Crippen molar-refractivity contribution < 1.29 is 9.13 Å². The van der Waals surface area contributed by atoms with E-state index >= 15 is 0 Å². The van der Waals surface area contributed by atoms with Crippen LogP contribution in [0.25, 0.3) is 0 Å². The zero-order valence-corrected chi connectivity index (χ0v) is 13.6. The lowest BCUT2D eigenvalue weighted by Gasteiger charge is -2.14. The van der Waals surface area contributed by atoms with Crippen molar-refractivity contribution in [3.63, 3.8) is 0 Å². The summed E-state index contributed by atoms with van der Waals surface area (Å²) in [7, 11) is 0. The highest BCUT2D eigenvalue weighted by molar-refractivity contribution is 5.33. The first-order valence-corrected chi connectivity index (χ1v) is 8.23. The number of rotatable bonds is 5. The maximum atomic E-state index is 13.6. The Bertz CT molecular complexity index is 838. The minimum absolute atomic E-state index is 0.243. The lowest BCUT2D eigenvalue weighted by Crippen LogP contribution is -2.21. The van der Waals surface area contributed by atoms with Crippen LogP contribution in [-0.2, 0) is 6.61 Å². The summed E-state index contributed by atoms with van der Waals surface area (Å²) in [4.78, 5) is 10.8. The molecule has 4 rings (SSSR count). The molecular formula is C18H18FN5O. The van der Waals surface area contributed by atoms with Crippen LogP contribution in [0.2, 0.25) is 0 Å². The van der Waals surface area contributed by atoms with Crippen LogP contribution in [0, 0.1) is 5.82 Å². The summed E-state index contributed by atoms with van der Waals surface area (Å²) in [5.41, 5.74) is 1.82. The van der Waals surface area contributed by atoms with E-state index in [1.807, 2.05) is 12.1 Å². The molecule has 0 unspecified atom stereocenters. The van der Waals surface area contributed by atoms with E-state index in [0.29, 0.717) is 5.92 Å². The molecule has 2 aromatic heterocycles. The van der Waals surface area contributed by atoms with Gasteiger partial charge in [-0.2, -0.15) is 5.10 Å². The van der Waals surface area contributed by atoms with Crippen molar-refractivity contribution in [2.45, 2.75) is 18.9 Å². The molecule has 0 amide bonds. The number of hydrogen-bond donors (Lipinski definition) is 1. The number of hydrogen-bond acceptors (Lipinski definition) is 5. The van der Waals surface area contributed by atoms with Crippen molar-refractivity contribution in [1.29, 1.82) is 0 Å². The summed E-state index contributed by atoms with van der Waals surface area (Å²) in [6.45, 7) is 2.00. The molecule has 1 saturated heterocycles. The maximum Gasteiger partial charge on any atom is 0.225 e. The third-order valence-corrected chi connectivity index (χ3v) is 4.31. The number of benzene rings is 1. The van der Waals surface area contributed by atoms with E-state index < -0.39 is 0 Å². The summed E-state index contributed by atoms with van der Waals surface area (Å²) in [5, 5.41) is 7.37. The zero-order valence-electron chi connectivity index (χ0n) is 13.6. The van der Waals surface area contributed by atoms with Gasteiger partial charge in [0.15, 0.2) is 11.6 Å². The number of anilines is 1. The van der Waals surface area contributed by atoms with Crippen LogP contribution >= 0.6 is 0 Å². The van der Waals surface area contributed by atoms with Crippen LogP contribution in [0.3, 0.4) is 0 Å². The lowest BCUT2D eigenvalue weighted by molar-refractivity contribution is 0.286. The first kappa shape index (κ1) is 15.6. The average Bonchev–Trinajstić information content (AvgIpc) is 3.31. The van der Waals surface area contributed by atoms with E-state index in [-0.39, 0.29) is 18.2 Å². The Morgan fingerprint density at radius 2 is 2.04 bits per heavy atom. The molecule has 0 radical (unpaired) electrons. The Morgan fingerprint density at radius 3 is 2.88 bits per heavy atom. The first-order chi connectivity index (χ1) is 12.3. The number of nitrogens with zero attached hydrogens (tertiary/aromatic N) is 4. The molecular weight excluding hydrogens is 321 g/mol. The molecule has 3 aromatic rings. The molecule has 1 aliphatic rings. The third kappa shape index (κ3) is 3.45. The normalized spacial score (nSPS) is 17.0. The quantitative estimate of drug-likeness (QED) is 0.774. The van der Waals surface area contributed by atoms with Crippen LogP contribution in [-0.4, -0.2) is 33.3 Å². The molecule has 1 atom stereocenters. The maximum absolute atomic E-state index is 13.6. The molecule has 128 valence electrons. The van der Waals surface area contributed by atoms with Crippen molar-refractivity contribution in [3.05, 3.63) is 66.0 Å². The van der Waals surface area contributed by atoms with Gasteiger partial charge >= 0.3 is 0 Å². The molecule has 0 aliphatic carbocycles. The number of aromatic amines is 1. The minimum Gasteiger partial charge on any atom is -0.484 e. The number of ether oxygens (including phenoxy) is 1. The highest BCUT2D eigenvalue weighted by Crippen LogP contribution is 2.28. The predicted octanol–water partition coefficient (Wildman–Crippen LogP) is 2.91. The molecule has 1 fully saturated rings. The van der Waals surface area contributed by atoms with Gasteiger partial charge in [0.05, 0.1) is 11.4 Å². The Kier molecular flexibility index (Phi) is 4.28. The van der Waals surface area contributed by atoms with Gasteiger partial charge < -0.3 is 9.64 Å². The minimum atomic E-state index is -0.364. The van der Waals surface area contributed by atoms with Crippen LogP contribution in [0.4, 0.5) is 10.3 Å². The molecule has 7 heteroatoms. The van der Waals surface area contributed by atoms with Gasteiger partial charge in [0.1, 0.15) is 6.61 Å². The highest BCUT2D eigenvalue weighted by Gasteiger charge is 2.27. The van der Waals surface area contributed by atoms with Gasteiger partial charge in [-0.3, -0.25) is 5.10 Å². The predicted molar refractivity (Wildman–Crippen MR) is 90.9 cm³/mol. The number of halogens is 1. The Labute approximate surface area is 144 Å². The SMILES string of the molecule is Fc1ccccc1OCc1cc([C@H]2CCN(c3ncccn3)C2)n[nH]1. The van der Waals surface area contributed by atoms with Crippen molar-refractivity contribution >= 4 is 5.95 Å². The van der Waals surface area contributed by atoms with Crippen molar-refractivity contribution in [2.75, 3.05) is 18.0 Å². The van der Waals surface area contributed by atoms with Gasteiger partial charge in [-0.1, -0.05) is 12.1 Å². The van der Waals surface area contributed by atoms with E-state index in [1.54, 1.807) is 30.6 Å². The Hall–Kier alpha value is -2.96. The summed E-state index contributed by atoms with van der Waals surface area (Å²) in [6, 6.07) is 10.2. The molecule has 6 nitrogen and oxygen atoms in total. The summed E-state index contributed by atoms with van der Waals surface area (Å²) >= 11 is 0. The van der Waals surface area contributed by atoms with Crippen LogP contribution < -0.4 is 9.64 Å². The highest BCUT2D eigenvalue weighted by atomic mass is 19.1. The van der Waals surface area contributed by atoms with Gasteiger partial charge in [0.25, 0.3) is 0 Å².